The van der Waals surface area contributed by atoms with Crippen LogP contribution in [0.1, 0.15) is 13.8 Å². The van der Waals surface area contributed by atoms with Crippen LogP contribution in [0.5, 0.6) is 0 Å². The molecule has 0 aliphatic heterocycles. The van der Waals surface area contributed by atoms with E-state index in [4.69, 9.17) is 9.47 Å². The summed E-state index contributed by atoms with van der Waals surface area (Å²) in [6.45, 7) is 7.49. The Labute approximate surface area is 96.7 Å². The van der Waals surface area contributed by atoms with Gasteiger partial charge in [-0.1, -0.05) is 22.5 Å². The van der Waals surface area contributed by atoms with Crippen molar-refractivity contribution < 1.29 is 19.1 Å². The van der Waals surface area contributed by atoms with Crippen LogP contribution in [0, 0.1) is 5.41 Å². The van der Waals surface area contributed by atoms with Crippen LogP contribution in [0.25, 0.3) is 0 Å². The highest BCUT2D eigenvalue weighted by Crippen LogP contribution is 2.57. The number of alkyl halides is 1. The number of rotatable bonds is 4. The predicted molar refractivity (Wildman–Crippen MR) is 57.6 cm³/mol. The van der Waals surface area contributed by atoms with Crippen molar-refractivity contribution >= 4 is 27.9 Å². The summed E-state index contributed by atoms with van der Waals surface area (Å²) in [5, 5.41) is 0. The first kappa shape index (κ1) is 12.2. The van der Waals surface area contributed by atoms with E-state index in [9.17, 15) is 9.59 Å². The van der Waals surface area contributed by atoms with Crippen molar-refractivity contribution in [2.75, 3.05) is 13.2 Å². The Bertz CT molecular complexity index is 293. The van der Waals surface area contributed by atoms with Crippen molar-refractivity contribution in [3.63, 3.8) is 0 Å². The van der Waals surface area contributed by atoms with E-state index < -0.39 is 17.4 Å². The minimum Gasteiger partial charge on any atom is -0.465 e. The number of esters is 2. The SMILES string of the molecule is C=C1C(Br)C1(C(=O)OCC)C(=O)OCC. The zero-order chi connectivity index (χ0) is 11.6. The molecular formula is C10H13BrO4. The minimum absolute atomic E-state index is 0.229. The number of ether oxygens (including phenoxy) is 2. The van der Waals surface area contributed by atoms with Crippen molar-refractivity contribution in [2.24, 2.45) is 5.41 Å². The molecule has 0 heterocycles. The van der Waals surface area contributed by atoms with E-state index in [2.05, 4.69) is 22.5 Å². The van der Waals surface area contributed by atoms with Crippen LogP contribution in [0.4, 0.5) is 0 Å². The Morgan fingerprint density at radius 2 is 1.67 bits per heavy atom. The molecule has 0 spiro atoms. The van der Waals surface area contributed by atoms with Crippen LogP contribution < -0.4 is 0 Å². The molecule has 0 N–H and O–H groups in total. The lowest BCUT2D eigenvalue weighted by Gasteiger charge is -2.12. The van der Waals surface area contributed by atoms with Gasteiger partial charge in [0.15, 0.2) is 0 Å². The molecule has 0 saturated heterocycles. The van der Waals surface area contributed by atoms with E-state index in [1.165, 1.54) is 0 Å². The second kappa shape index (κ2) is 4.35. The van der Waals surface area contributed by atoms with Crippen molar-refractivity contribution in [3.05, 3.63) is 12.2 Å². The highest BCUT2D eigenvalue weighted by molar-refractivity contribution is 9.10. The standard InChI is InChI=1S/C10H13BrO4/c1-4-14-8(12)10(6(3)7(10)11)9(13)15-5-2/h7H,3-5H2,1-2H3. The summed E-state index contributed by atoms with van der Waals surface area (Å²) in [4.78, 5) is 22.9. The van der Waals surface area contributed by atoms with E-state index in [-0.39, 0.29) is 18.0 Å². The number of carbonyl (C=O) groups is 2. The molecule has 1 aliphatic rings. The topological polar surface area (TPSA) is 52.6 Å². The van der Waals surface area contributed by atoms with Gasteiger partial charge in [0.2, 0.25) is 5.41 Å². The third-order valence-corrected chi connectivity index (χ3v) is 3.54. The average molecular weight is 277 g/mol. The van der Waals surface area contributed by atoms with E-state index in [1.807, 2.05) is 0 Å². The molecule has 1 aliphatic carbocycles. The van der Waals surface area contributed by atoms with Gasteiger partial charge in [-0.25, -0.2) is 0 Å². The van der Waals surface area contributed by atoms with Gasteiger partial charge in [0.1, 0.15) is 0 Å². The normalized spacial score (nSPS) is 22.1. The quantitative estimate of drug-likeness (QED) is 0.337. The second-order valence-electron chi connectivity index (χ2n) is 3.14. The van der Waals surface area contributed by atoms with Crippen LogP contribution in [0.3, 0.4) is 0 Å². The maximum absolute atomic E-state index is 11.7. The van der Waals surface area contributed by atoms with Crippen LogP contribution >= 0.6 is 15.9 Å². The second-order valence-corrected chi connectivity index (χ2v) is 4.05. The molecule has 1 fully saturated rings. The number of halogens is 1. The van der Waals surface area contributed by atoms with Crippen LogP contribution in [0.15, 0.2) is 12.2 Å². The summed E-state index contributed by atoms with van der Waals surface area (Å²) < 4.78 is 9.69. The molecule has 0 amide bonds. The molecule has 1 saturated carbocycles. The van der Waals surface area contributed by atoms with Crippen molar-refractivity contribution in [3.8, 4) is 0 Å². The molecular weight excluding hydrogens is 264 g/mol. The summed E-state index contributed by atoms with van der Waals surface area (Å²) in [6, 6.07) is 0. The molecule has 84 valence electrons. The molecule has 1 atom stereocenters. The molecule has 4 nitrogen and oxygen atoms in total. The zero-order valence-electron chi connectivity index (χ0n) is 8.71. The van der Waals surface area contributed by atoms with Crippen molar-refractivity contribution in [2.45, 2.75) is 18.7 Å². The fourth-order valence-electron chi connectivity index (χ4n) is 1.39. The first-order valence-corrected chi connectivity index (χ1v) is 5.62. The maximum Gasteiger partial charge on any atom is 0.329 e. The van der Waals surface area contributed by atoms with E-state index >= 15 is 0 Å². The molecule has 1 unspecified atom stereocenters. The third-order valence-electron chi connectivity index (χ3n) is 2.30. The Balaban J connectivity index is 2.87. The van der Waals surface area contributed by atoms with Gasteiger partial charge in [0, 0.05) is 0 Å². The Hall–Kier alpha value is -0.840. The van der Waals surface area contributed by atoms with Crippen molar-refractivity contribution in [1.82, 2.24) is 0 Å². The smallest absolute Gasteiger partial charge is 0.329 e. The fourth-order valence-corrected chi connectivity index (χ4v) is 2.29. The number of hydrogen-bond donors (Lipinski definition) is 0. The highest BCUT2D eigenvalue weighted by Gasteiger charge is 2.71. The van der Waals surface area contributed by atoms with Gasteiger partial charge in [-0.15, -0.1) is 0 Å². The summed E-state index contributed by atoms with van der Waals surface area (Å²) in [5.41, 5.74) is -0.814. The lowest BCUT2D eigenvalue weighted by atomic mass is 10.1. The highest BCUT2D eigenvalue weighted by atomic mass is 79.9. The van der Waals surface area contributed by atoms with Gasteiger partial charge in [-0.2, -0.15) is 0 Å². The first-order valence-electron chi connectivity index (χ1n) is 4.71. The summed E-state index contributed by atoms with van der Waals surface area (Å²) in [6.07, 6.45) is 0. The Morgan fingerprint density at radius 1 is 1.33 bits per heavy atom. The largest absolute Gasteiger partial charge is 0.465 e. The predicted octanol–water partition coefficient (Wildman–Crippen LogP) is 1.43. The van der Waals surface area contributed by atoms with Crippen molar-refractivity contribution in [1.29, 1.82) is 0 Å². The summed E-state index contributed by atoms with van der Waals surface area (Å²) >= 11 is 3.21. The van der Waals surface area contributed by atoms with Gasteiger partial charge in [0.05, 0.1) is 18.0 Å². The first-order chi connectivity index (χ1) is 7.03. The minimum atomic E-state index is -1.31. The zero-order valence-corrected chi connectivity index (χ0v) is 10.3. The molecule has 0 aromatic carbocycles. The van der Waals surface area contributed by atoms with Gasteiger partial charge >= 0.3 is 11.9 Å². The van der Waals surface area contributed by atoms with Gasteiger partial charge in [0.25, 0.3) is 0 Å². The monoisotopic (exact) mass is 276 g/mol. The van der Waals surface area contributed by atoms with E-state index in [0.717, 1.165) is 0 Å². The average Bonchev–Trinajstić information content (AvgIpc) is 2.72. The summed E-state index contributed by atoms with van der Waals surface area (Å²) in [7, 11) is 0. The van der Waals surface area contributed by atoms with Gasteiger partial charge in [-0.3, -0.25) is 9.59 Å². The number of hydrogen-bond acceptors (Lipinski definition) is 4. The molecule has 15 heavy (non-hydrogen) atoms. The number of carbonyl (C=O) groups excluding carboxylic acids is 2. The summed E-state index contributed by atoms with van der Waals surface area (Å²) in [5.74, 6) is -1.18. The molecule has 5 heteroatoms. The lowest BCUT2D eigenvalue weighted by molar-refractivity contribution is -0.162. The molecule has 0 radical (unpaired) electrons. The molecule has 0 aromatic heterocycles. The van der Waals surface area contributed by atoms with Crippen LogP contribution in [-0.2, 0) is 19.1 Å². The van der Waals surface area contributed by atoms with E-state index in [1.54, 1.807) is 13.8 Å². The van der Waals surface area contributed by atoms with E-state index in [0.29, 0.717) is 5.57 Å². The van der Waals surface area contributed by atoms with Gasteiger partial charge in [-0.05, 0) is 19.4 Å². The maximum atomic E-state index is 11.7. The molecule has 0 aromatic rings. The Morgan fingerprint density at radius 3 is 1.87 bits per heavy atom. The lowest BCUT2D eigenvalue weighted by Crippen LogP contribution is -2.32. The molecule has 0 bridgehead atoms. The van der Waals surface area contributed by atoms with Crippen LogP contribution in [0.2, 0.25) is 0 Å². The fraction of sp³-hybridized carbons (Fsp3) is 0.600. The van der Waals surface area contributed by atoms with Crippen LogP contribution in [-0.4, -0.2) is 30.0 Å². The third kappa shape index (κ3) is 1.69. The molecule has 1 rings (SSSR count). The Kier molecular flexibility index (Phi) is 3.54. The van der Waals surface area contributed by atoms with Gasteiger partial charge < -0.3 is 9.47 Å².